The third-order valence-electron chi connectivity index (χ3n) is 2.74. The van der Waals surface area contributed by atoms with Crippen molar-refractivity contribution >= 4 is 0 Å². The lowest BCUT2D eigenvalue weighted by Gasteiger charge is -2.26. The van der Waals surface area contributed by atoms with Crippen LogP contribution in [0.3, 0.4) is 0 Å². The van der Waals surface area contributed by atoms with Crippen LogP contribution >= 0.6 is 0 Å². The molecule has 0 saturated heterocycles. The van der Waals surface area contributed by atoms with Crippen LogP contribution in [0.25, 0.3) is 0 Å². The molecule has 0 aromatic heterocycles. The second kappa shape index (κ2) is 4.73. The van der Waals surface area contributed by atoms with Crippen LogP contribution in [0.5, 0.6) is 0 Å². The van der Waals surface area contributed by atoms with E-state index in [1.165, 1.54) is 19.3 Å². The largest absolute Gasteiger partial charge is 0.236 e. The molecule has 1 saturated carbocycles. The van der Waals surface area contributed by atoms with E-state index in [-0.39, 0.29) is 19.1 Å². The smallest absolute Gasteiger partial charge is 0.0876 e. The van der Waals surface area contributed by atoms with E-state index in [4.69, 9.17) is 0 Å². The quantitative estimate of drug-likeness (QED) is 0.600. The maximum atomic E-state index is 10.6. The van der Waals surface area contributed by atoms with Gasteiger partial charge < -0.3 is 0 Å². The van der Waals surface area contributed by atoms with Crippen molar-refractivity contribution in [3.63, 3.8) is 0 Å². The molecule has 0 spiro atoms. The molecule has 64 valence electrons. The van der Waals surface area contributed by atoms with Gasteiger partial charge in [0.2, 0.25) is 0 Å². The van der Waals surface area contributed by atoms with Crippen molar-refractivity contribution in [3.8, 4) is 0 Å². The summed E-state index contributed by atoms with van der Waals surface area (Å²) in [7, 11) is 0. The standard InChI is InChI=1S/C9H16O2/c10-6-9(7-11)8-4-2-1-3-5-8/h8-9H,1-7H2. The minimum absolute atomic E-state index is 0.0738. The van der Waals surface area contributed by atoms with Crippen LogP contribution in [-0.2, 0) is 10.2 Å². The van der Waals surface area contributed by atoms with Crippen LogP contribution < -0.4 is 0 Å². The van der Waals surface area contributed by atoms with E-state index in [2.05, 4.69) is 0 Å². The fraction of sp³-hybridized carbons (Fsp3) is 1.00. The van der Waals surface area contributed by atoms with E-state index in [0.29, 0.717) is 5.92 Å². The Kier molecular flexibility index (Phi) is 3.87. The molecule has 2 nitrogen and oxygen atoms in total. The van der Waals surface area contributed by atoms with E-state index in [9.17, 15) is 10.2 Å². The summed E-state index contributed by atoms with van der Waals surface area (Å²) in [6.45, 7) is -0.317. The Morgan fingerprint density at radius 1 is 1.00 bits per heavy atom. The van der Waals surface area contributed by atoms with E-state index < -0.39 is 0 Å². The Bertz CT molecular complexity index is 93.7. The van der Waals surface area contributed by atoms with Crippen molar-refractivity contribution in [2.75, 3.05) is 13.2 Å². The molecule has 0 heterocycles. The molecule has 0 aliphatic heterocycles. The van der Waals surface area contributed by atoms with Gasteiger partial charge in [0.15, 0.2) is 0 Å². The Balaban J connectivity index is 2.30. The molecule has 0 amide bonds. The first-order valence-corrected chi connectivity index (χ1v) is 4.54. The predicted octanol–water partition coefficient (Wildman–Crippen LogP) is 2.04. The molecule has 0 aromatic rings. The second-order valence-electron chi connectivity index (χ2n) is 3.49. The number of hydrogen-bond donors (Lipinski definition) is 0. The van der Waals surface area contributed by atoms with Gasteiger partial charge in [-0.3, -0.25) is 0 Å². The maximum absolute atomic E-state index is 10.6. The Morgan fingerprint density at radius 2 is 1.55 bits per heavy atom. The highest BCUT2D eigenvalue weighted by molar-refractivity contribution is 4.72. The van der Waals surface area contributed by atoms with E-state index in [1.807, 2.05) is 0 Å². The van der Waals surface area contributed by atoms with Crippen molar-refractivity contribution in [1.82, 2.24) is 0 Å². The van der Waals surface area contributed by atoms with E-state index in [1.54, 1.807) is 0 Å². The van der Waals surface area contributed by atoms with Gasteiger partial charge in [0.25, 0.3) is 0 Å². The molecule has 1 fully saturated rings. The molecule has 2 radical (unpaired) electrons. The molecule has 0 atom stereocenters. The predicted molar refractivity (Wildman–Crippen MR) is 41.2 cm³/mol. The molecule has 1 aliphatic carbocycles. The summed E-state index contributed by atoms with van der Waals surface area (Å²) in [6, 6.07) is 0. The number of hydrogen-bond acceptors (Lipinski definition) is 0. The average molecular weight is 156 g/mol. The molecule has 1 aliphatic rings. The van der Waals surface area contributed by atoms with Crippen LogP contribution in [0.2, 0.25) is 0 Å². The highest BCUT2D eigenvalue weighted by atomic mass is 16.3. The average Bonchev–Trinajstić information content (AvgIpc) is 2.09. The van der Waals surface area contributed by atoms with Crippen LogP contribution in [0.15, 0.2) is 0 Å². The summed E-state index contributed by atoms with van der Waals surface area (Å²) in [5.74, 6) is 0.383. The molecule has 1 rings (SSSR count). The lowest BCUT2D eigenvalue weighted by Crippen LogP contribution is -2.23. The third-order valence-corrected chi connectivity index (χ3v) is 2.74. The molecule has 2 heteroatoms. The van der Waals surface area contributed by atoms with Crippen molar-refractivity contribution in [2.24, 2.45) is 11.8 Å². The first-order valence-electron chi connectivity index (χ1n) is 4.54. The minimum Gasteiger partial charge on any atom is -0.236 e. The van der Waals surface area contributed by atoms with Gasteiger partial charge in [0, 0.05) is 5.92 Å². The van der Waals surface area contributed by atoms with Crippen LogP contribution in [0, 0.1) is 11.8 Å². The van der Waals surface area contributed by atoms with Crippen LogP contribution in [0.1, 0.15) is 32.1 Å². The zero-order chi connectivity index (χ0) is 8.10. The van der Waals surface area contributed by atoms with Gasteiger partial charge in [-0.15, -0.1) is 0 Å². The summed E-state index contributed by atoms with van der Waals surface area (Å²) in [4.78, 5) is 0. The van der Waals surface area contributed by atoms with Crippen LogP contribution in [-0.4, -0.2) is 13.2 Å². The molecular formula is C9H16O2. The van der Waals surface area contributed by atoms with Gasteiger partial charge in [-0.05, 0) is 5.92 Å². The monoisotopic (exact) mass is 156 g/mol. The summed E-state index contributed by atoms with van der Waals surface area (Å²) < 4.78 is 0. The third kappa shape index (κ3) is 2.46. The molecule has 0 bridgehead atoms. The highest BCUT2D eigenvalue weighted by Crippen LogP contribution is 2.29. The van der Waals surface area contributed by atoms with Gasteiger partial charge in [-0.2, -0.15) is 0 Å². The molecule has 0 unspecified atom stereocenters. The second-order valence-corrected chi connectivity index (χ2v) is 3.49. The molecule has 11 heavy (non-hydrogen) atoms. The van der Waals surface area contributed by atoms with Crippen LogP contribution in [0.4, 0.5) is 0 Å². The van der Waals surface area contributed by atoms with Gasteiger partial charge in [0.05, 0.1) is 13.2 Å². The Hall–Kier alpha value is -0.0800. The Morgan fingerprint density at radius 3 is 2.00 bits per heavy atom. The Labute approximate surface area is 68.2 Å². The fourth-order valence-corrected chi connectivity index (χ4v) is 1.93. The van der Waals surface area contributed by atoms with Gasteiger partial charge in [-0.1, -0.05) is 32.1 Å². The summed E-state index contributed by atoms with van der Waals surface area (Å²) in [5, 5.41) is 21.1. The van der Waals surface area contributed by atoms with Gasteiger partial charge >= 0.3 is 0 Å². The SMILES string of the molecule is [O]CC(C[O])C1CCCCC1. The topological polar surface area (TPSA) is 39.8 Å². The van der Waals surface area contributed by atoms with E-state index in [0.717, 1.165) is 12.8 Å². The maximum Gasteiger partial charge on any atom is 0.0876 e. The first-order chi connectivity index (χ1) is 5.38. The highest BCUT2D eigenvalue weighted by Gasteiger charge is 2.22. The zero-order valence-corrected chi connectivity index (χ0v) is 6.92. The zero-order valence-electron chi connectivity index (χ0n) is 6.92. The summed E-state index contributed by atoms with van der Waals surface area (Å²) >= 11 is 0. The van der Waals surface area contributed by atoms with Crippen molar-refractivity contribution in [3.05, 3.63) is 0 Å². The first kappa shape index (κ1) is 9.01. The lowest BCUT2D eigenvalue weighted by atomic mass is 9.81. The number of rotatable bonds is 3. The fourth-order valence-electron chi connectivity index (χ4n) is 1.93. The molecule has 0 N–H and O–H groups in total. The molecular weight excluding hydrogens is 140 g/mol. The summed E-state index contributed by atoms with van der Waals surface area (Å²) in [6.07, 6.45) is 5.98. The normalized spacial score (nSPS) is 21.0. The molecule has 0 aromatic carbocycles. The van der Waals surface area contributed by atoms with E-state index >= 15 is 0 Å². The van der Waals surface area contributed by atoms with Crippen molar-refractivity contribution in [1.29, 1.82) is 0 Å². The van der Waals surface area contributed by atoms with Gasteiger partial charge in [0.1, 0.15) is 0 Å². The minimum atomic E-state index is -0.159. The van der Waals surface area contributed by atoms with Crippen molar-refractivity contribution < 1.29 is 10.2 Å². The summed E-state index contributed by atoms with van der Waals surface area (Å²) in [5.41, 5.74) is 0. The van der Waals surface area contributed by atoms with Crippen molar-refractivity contribution in [2.45, 2.75) is 32.1 Å². The lowest BCUT2D eigenvalue weighted by molar-refractivity contribution is 0.0290. The van der Waals surface area contributed by atoms with Gasteiger partial charge in [-0.25, -0.2) is 10.2 Å².